The van der Waals surface area contributed by atoms with E-state index in [1.807, 2.05) is 24.3 Å². The zero-order valence-electron chi connectivity index (χ0n) is 15.3. The Hall–Kier alpha value is -3.60. The molecule has 5 heteroatoms. The first kappa shape index (κ1) is 17.8. The van der Waals surface area contributed by atoms with E-state index >= 15 is 0 Å². The molecule has 140 valence electrons. The van der Waals surface area contributed by atoms with Crippen LogP contribution in [0.25, 0.3) is 17.2 Å². The van der Waals surface area contributed by atoms with Crippen LogP contribution in [0.1, 0.15) is 23.3 Å². The second-order valence-corrected chi connectivity index (χ2v) is 6.64. The molecular formula is C23H20N2O3. The van der Waals surface area contributed by atoms with E-state index in [0.717, 1.165) is 12.1 Å². The maximum Gasteiger partial charge on any atom is 0.244 e. The van der Waals surface area contributed by atoms with Crippen LogP contribution in [0.4, 0.5) is 5.69 Å². The summed E-state index contributed by atoms with van der Waals surface area (Å²) in [6.45, 7) is 0.267. The first-order chi connectivity index (χ1) is 13.7. The number of amides is 2. The minimum atomic E-state index is -0.264. The molecule has 2 N–H and O–H groups in total. The van der Waals surface area contributed by atoms with Crippen molar-refractivity contribution in [3.63, 3.8) is 0 Å². The number of furan rings is 1. The molecule has 1 aromatic heterocycles. The Morgan fingerprint density at radius 1 is 1.00 bits per heavy atom. The highest BCUT2D eigenvalue weighted by Gasteiger charge is 2.18. The Balaban J connectivity index is 1.27. The molecule has 0 unspecified atom stereocenters. The van der Waals surface area contributed by atoms with Gasteiger partial charge in [0, 0.05) is 24.7 Å². The summed E-state index contributed by atoms with van der Waals surface area (Å²) in [6, 6.07) is 17.9. The molecule has 1 aliphatic carbocycles. The third-order valence-electron chi connectivity index (χ3n) is 4.67. The fourth-order valence-corrected chi connectivity index (χ4v) is 3.35. The maximum atomic E-state index is 12.2. The smallest absolute Gasteiger partial charge is 0.244 e. The van der Waals surface area contributed by atoms with Gasteiger partial charge in [-0.1, -0.05) is 30.3 Å². The maximum absolute atomic E-state index is 12.2. The molecule has 2 amide bonds. The fraction of sp³-hybridized carbons (Fsp3) is 0.130. The van der Waals surface area contributed by atoms with E-state index in [0.29, 0.717) is 5.76 Å². The molecule has 0 atom stereocenters. The van der Waals surface area contributed by atoms with Crippen LogP contribution in [-0.4, -0.2) is 18.4 Å². The third kappa shape index (κ3) is 4.04. The molecule has 1 aliphatic rings. The summed E-state index contributed by atoms with van der Waals surface area (Å²) in [7, 11) is 0. The van der Waals surface area contributed by atoms with Gasteiger partial charge in [-0.25, -0.2) is 0 Å². The molecule has 0 spiro atoms. The molecule has 1 heterocycles. The molecule has 0 aliphatic heterocycles. The Morgan fingerprint density at radius 2 is 1.86 bits per heavy atom. The lowest BCUT2D eigenvalue weighted by Gasteiger charge is -2.08. The summed E-state index contributed by atoms with van der Waals surface area (Å²) in [4.78, 5) is 23.9. The van der Waals surface area contributed by atoms with Crippen LogP contribution in [0.2, 0.25) is 0 Å². The molecule has 2 aromatic carbocycles. The Morgan fingerprint density at radius 3 is 2.71 bits per heavy atom. The zero-order valence-corrected chi connectivity index (χ0v) is 15.3. The number of hydrogen-bond acceptors (Lipinski definition) is 3. The summed E-state index contributed by atoms with van der Waals surface area (Å²) < 4.78 is 5.11. The Labute approximate surface area is 163 Å². The quantitative estimate of drug-likeness (QED) is 0.503. The highest BCUT2D eigenvalue weighted by Crippen LogP contribution is 2.37. The van der Waals surface area contributed by atoms with Crippen molar-refractivity contribution in [3.8, 4) is 11.1 Å². The monoisotopic (exact) mass is 372 g/mol. The number of benzene rings is 2. The van der Waals surface area contributed by atoms with Crippen LogP contribution >= 0.6 is 0 Å². The van der Waals surface area contributed by atoms with Gasteiger partial charge in [0.15, 0.2) is 0 Å². The molecule has 28 heavy (non-hydrogen) atoms. The van der Waals surface area contributed by atoms with E-state index in [1.54, 1.807) is 24.5 Å². The lowest BCUT2D eigenvalue weighted by atomic mass is 10.1. The van der Waals surface area contributed by atoms with Gasteiger partial charge in [-0.05, 0) is 59.0 Å². The van der Waals surface area contributed by atoms with E-state index in [1.165, 1.54) is 28.3 Å². The standard InChI is InChI=1S/C23H20N2O3/c26-22(10-8-19-5-3-13-28-19)24-12-11-23(27)25-18-7-9-21-17(15-18)14-16-4-1-2-6-20(16)21/h1-10,13,15H,11-12,14H2,(H,24,26)(H,25,27)/b10-8+. The van der Waals surface area contributed by atoms with Crippen molar-refractivity contribution < 1.29 is 14.0 Å². The normalized spacial score (nSPS) is 11.9. The Kier molecular flexibility index (Phi) is 5.06. The van der Waals surface area contributed by atoms with Gasteiger partial charge in [-0.2, -0.15) is 0 Å². The van der Waals surface area contributed by atoms with Crippen LogP contribution in [0.3, 0.4) is 0 Å². The fourth-order valence-electron chi connectivity index (χ4n) is 3.35. The number of carbonyl (C=O) groups is 2. The van der Waals surface area contributed by atoms with Gasteiger partial charge in [0.2, 0.25) is 11.8 Å². The molecule has 5 nitrogen and oxygen atoms in total. The van der Waals surface area contributed by atoms with E-state index in [2.05, 4.69) is 28.8 Å². The molecule has 0 fully saturated rings. The molecule has 0 bridgehead atoms. The Bertz CT molecular complexity index is 1040. The van der Waals surface area contributed by atoms with E-state index in [4.69, 9.17) is 4.42 Å². The van der Waals surface area contributed by atoms with E-state index < -0.39 is 0 Å². The van der Waals surface area contributed by atoms with Gasteiger partial charge in [0.25, 0.3) is 0 Å². The topological polar surface area (TPSA) is 71.3 Å². The van der Waals surface area contributed by atoms with Gasteiger partial charge in [-0.3, -0.25) is 9.59 Å². The molecule has 0 radical (unpaired) electrons. The van der Waals surface area contributed by atoms with Crippen molar-refractivity contribution in [2.24, 2.45) is 0 Å². The second kappa shape index (κ2) is 7.96. The van der Waals surface area contributed by atoms with Crippen LogP contribution < -0.4 is 10.6 Å². The number of fused-ring (bicyclic) bond motifs is 3. The highest BCUT2D eigenvalue weighted by atomic mass is 16.3. The summed E-state index contributed by atoms with van der Waals surface area (Å²) in [6.07, 6.45) is 5.59. The van der Waals surface area contributed by atoms with Crippen LogP contribution in [0.15, 0.2) is 71.4 Å². The van der Waals surface area contributed by atoms with Crippen molar-refractivity contribution in [3.05, 3.63) is 83.8 Å². The molecule has 0 saturated carbocycles. The predicted molar refractivity (Wildman–Crippen MR) is 109 cm³/mol. The van der Waals surface area contributed by atoms with Crippen LogP contribution in [-0.2, 0) is 16.0 Å². The first-order valence-electron chi connectivity index (χ1n) is 9.19. The summed E-state index contributed by atoms with van der Waals surface area (Å²) >= 11 is 0. The van der Waals surface area contributed by atoms with Crippen molar-refractivity contribution in [1.29, 1.82) is 0 Å². The second-order valence-electron chi connectivity index (χ2n) is 6.64. The van der Waals surface area contributed by atoms with Gasteiger partial charge in [0.05, 0.1) is 6.26 Å². The SMILES string of the molecule is O=C(/C=C/c1ccco1)NCCC(=O)Nc1ccc2c(c1)Cc1ccccc1-2. The average molecular weight is 372 g/mol. The van der Waals surface area contributed by atoms with E-state index in [9.17, 15) is 9.59 Å². The molecule has 4 rings (SSSR count). The number of anilines is 1. The van der Waals surface area contributed by atoms with Crippen molar-refractivity contribution in [2.75, 3.05) is 11.9 Å². The van der Waals surface area contributed by atoms with Crippen molar-refractivity contribution >= 4 is 23.6 Å². The number of hydrogen-bond donors (Lipinski definition) is 2. The lowest BCUT2D eigenvalue weighted by molar-refractivity contribution is -0.117. The van der Waals surface area contributed by atoms with Gasteiger partial charge >= 0.3 is 0 Å². The molecular weight excluding hydrogens is 352 g/mol. The summed E-state index contributed by atoms with van der Waals surface area (Å²) in [5.74, 6) is 0.205. The van der Waals surface area contributed by atoms with Gasteiger partial charge in [-0.15, -0.1) is 0 Å². The number of nitrogens with one attached hydrogen (secondary N) is 2. The summed E-state index contributed by atoms with van der Waals surface area (Å²) in [5, 5.41) is 5.59. The minimum absolute atomic E-state index is 0.134. The predicted octanol–water partition coefficient (Wildman–Crippen LogP) is 4.01. The molecule has 0 saturated heterocycles. The van der Waals surface area contributed by atoms with Gasteiger partial charge < -0.3 is 15.1 Å². The van der Waals surface area contributed by atoms with Crippen molar-refractivity contribution in [2.45, 2.75) is 12.8 Å². The largest absolute Gasteiger partial charge is 0.465 e. The highest BCUT2D eigenvalue weighted by molar-refractivity contribution is 5.94. The third-order valence-corrected chi connectivity index (χ3v) is 4.67. The van der Waals surface area contributed by atoms with Crippen LogP contribution in [0.5, 0.6) is 0 Å². The lowest BCUT2D eigenvalue weighted by Crippen LogP contribution is -2.26. The van der Waals surface area contributed by atoms with Gasteiger partial charge in [0.1, 0.15) is 5.76 Å². The average Bonchev–Trinajstić information content (AvgIpc) is 3.33. The zero-order chi connectivity index (χ0) is 19.3. The van der Waals surface area contributed by atoms with Crippen molar-refractivity contribution in [1.82, 2.24) is 5.32 Å². The summed E-state index contributed by atoms with van der Waals surface area (Å²) in [5.41, 5.74) is 5.80. The van der Waals surface area contributed by atoms with E-state index in [-0.39, 0.29) is 24.8 Å². The molecule has 3 aromatic rings. The van der Waals surface area contributed by atoms with Crippen LogP contribution in [0, 0.1) is 0 Å². The number of carbonyl (C=O) groups excluding carboxylic acids is 2. The number of rotatable bonds is 6. The minimum Gasteiger partial charge on any atom is -0.465 e. The first-order valence-corrected chi connectivity index (χ1v) is 9.19.